The number of nitrogens with one attached hydrogen (secondary N) is 1. The van der Waals surface area contributed by atoms with Crippen LogP contribution in [0.15, 0.2) is 29.6 Å². The van der Waals surface area contributed by atoms with Gasteiger partial charge in [-0.25, -0.2) is 18.1 Å². The molecule has 138 valence electrons. The zero-order chi connectivity index (χ0) is 18.5. The molecule has 10 heteroatoms. The van der Waals surface area contributed by atoms with Crippen LogP contribution in [-0.4, -0.2) is 45.6 Å². The topological polar surface area (TPSA) is 104 Å². The molecular weight excluding hydrogens is 356 g/mol. The molecule has 26 heavy (non-hydrogen) atoms. The molecule has 3 aromatic heterocycles. The third-order valence-corrected chi connectivity index (χ3v) is 6.06. The van der Waals surface area contributed by atoms with E-state index in [-0.39, 0.29) is 17.0 Å². The van der Waals surface area contributed by atoms with E-state index in [0.717, 1.165) is 16.6 Å². The van der Waals surface area contributed by atoms with Crippen LogP contribution in [0.1, 0.15) is 23.8 Å². The Bertz CT molecular complexity index is 1070. The Labute approximate surface area is 151 Å². The van der Waals surface area contributed by atoms with Crippen molar-refractivity contribution in [2.75, 3.05) is 6.61 Å². The average Bonchev–Trinajstić information content (AvgIpc) is 3.28. The van der Waals surface area contributed by atoms with E-state index in [4.69, 9.17) is 4.74 Å². The van der Waals surface area contributed by atoms with Gasteiger partial charge in [0, 0.05) is 44.0 Å². The molecule has 0 radical (unpaired) electrons. The maximum absolute atomic E-state index is 12.9. The van der Waals surface area contributed by atoms with Gasteiger partial charge in [0.1, 0.15) is 11.0 Å². The number of hydrogen-bond donors (Lipinski definition) is 1. The predicted octanol–water partition coefficient (Wildman–Crippen LogP) is 0.819. The van der Waals surface area contributed by atoms with Crippen LogP contribution >= 0.6 is 0 Å². The number of nitrogens with zero attached hydrogens (tertiary/aromatic N) is 5. The van der Waals surface area contributed by atoms with Crippen LogP contribution < -0.4 is 4.72 Å². The van der Waals surface area contributed by atoms with Crippen LogP contribution in [0.2, 0.25) is 0 Å². The molecule has 3 aromatic rings. The predicted molar refractivity (Wildman–Crippen MR) is 93.9 cm³/mol. The van der Waals surface area contributed by atoms with E-state index >= 15 is 0 Å². The number of sulfonamides is 1. The summed E-state index contributed by atoms with van der Waals surface area (Å²) in [6.45, 7) is 2.32. The van der Waals surface area contributed by atoms with Crippen molar-refractivity contribution in [3.63, 3.8) is 0 Å². The average molecular weight is 376 g/mol. The summed E-state index contributed by atoms with van der Waals surface area (Å²) in [5.74, 6) is 0. The summed E-state index contributed by atoms with van der Waals surface area (Å²) in [7, 11) is -0.138. The van der Waals surface area contributed by atoms with Crippen LogP contribution in [-0.2, 0) is 28.9 Å². The number of aromatic nitrogens is 5. The maximum atomic E-state index is 12.9. The number of ether oxygens (including phenoxy) is 1. The smallest absolute Gasteiger partial charge is 0.242 e. The van der Waals surface area contributed by atoms with Crippen molar-refractivity contribution in [3.8, 4) is 0 Å². The van der Waals surface area contributed by atoms with E-state index in [1.165, 1.54) is 6.20 Å². The molecule has 4 heterocycles. The minimum Gasteiger partial charge on any atom is -0.372 e. The van der Waals surface area contributed by atoms with Gasteiger partial charge in [-0.15, -0.1) is 0 Å². The van der Waals surface area contributed by atoms with E-state index in [1.807, 2.05) is 20.2 Å². The van der Waals surface area contributed by atoms with Gasteiger partial charge < -0.3 is 4.74 Å². The first kappa shape index (κ1) is 17.1. The summed E-state index contributed by atoms with van der Waals surface area (Å²) in [5, 5.41) is 9.14. The second-order valence-electron chi connectivity index (χ2n) is 6.51. The van der Waals surface area contributed by atoms with Crippen molar-refractivity contribution in [2.24, 2.45) is 14.1 Å². The summed E-state index contributed by atoms with van der Waals surface area (Å²) in [4.78, 5) is 4.38. The monoisotopic (exact) mass is 376 g/mol. The van der Waals surface area contributed by atoms with E-state index in [1.54, 1.807) is 28.7 Å². The lowest BCUT2D eigenvalue weighted by Crippen LogP contribution is -2.36. The number of fused-ring (bicyclic) bond motifs is 1. The zero-order valence-corrected chi connectivity index (χ0v) is 15.6. The van der Waals surface area contributed by atoms with Crippen LogP contribution in [0, 0.1) is 6.92 Å². The Morgan fingerprint density at radius 3 is 2.85 bits per heavy atom. The van der Waals surface area contributed by atoms with Crippen molar-refractivity contribution in [1.29, 1.82) is 0 Å². The van der Waals surface area contributed by atoms with Gasteiger partial charge >= 0.3 is 0 Å². The summed E-state index contributed by atoms with van der Waals surface area (Å²) in [6.07, 6.45) is 5.14. The number of rotatable bonds is 4. The van der Waals surface area contributed by atoms with Gasteiger partial charge in [-0.2, -0.15) is 10.2 Å². The van der Waals surface area contributed by atoms with Gasteiger partial charge in [0.25, 0.3) is 0 Å². The third kappa shape index (κ3) is 2.89. The molecular formula is C16H20N6O3S. The lowest BCUT2D eigenvalue weighted by Gasteiger charge is -2.18. The highest BCUT2D eigenvalue weighted by Gasteiger charge is 2.34. The van der Waals surface area contributed by atoms with Crippen molar-refractivity contribution in [2.45, 2.75) is 30.4 Å². The van der Waals surface area contributed by atoms with Crippen LogP contribution in [0.3, 0.4) is 0 Å². The van der Waals surface area contributed by atoms with E-state index in [2.05, 4.69) is 19.9 Å². The fraction of sp³-hybridized carbons (Fsp3) is 0.438. The molecule has 0 unspecified atom stereocenters. The molecule has 0 saturated carbocycles. The van der Waals surface area contributed by atoms with Gasteiger partial charge in [-0.3, -0.25) is 9.36 Å². The number of pyridine rings is 1. The molecule has 0 spiro atoms. The second-order valence-corrected chi connectivity index (χ2v) is 8.22. The van der Waals surface area contributed by atoms with E-state index < -0.39 is 10.0 Å². The minimum atomic E-state index is -3.73. The molecule has 1 N–H and O–H groups in total. The number of aryl methyl sites for hydroxylation is 3. The quantitative estimate of drug-likeness (QED) is 0.723. The minimum absolute atomic E-state index is 0.123. The highest BCUT2D eigenvalue weighted by molar-refractivity contribution is 7.89. The van der Waals surface area contributed by atoms with Crippen molar-refractivity contribution < 1.29 is 13.2 Å². The molecule has 0 aliphatic carbocycles. The molecule has 0 aromatic carbocycles. The fourth-order valence-electron chi connectivity index (χ4n) is 3.33. The molecule has 1 fully saturated rings. The SMILES string of the molecule is Cc1nn(C)c2ncc(S(=O)(=O)N[C@H]3CCO[C@@H]3c3cnn(C)c3)cc12. The highest BCUT2D eigenvalue weighted by atomic mass is 32.2. The van der Waals surface area contributed by atoms with Gasteiger partial charge in [-0.1, -0.05) is 0 Å². The summed E-state index contributed by atoms with van der Waals surface area (Å²) < 4.78 is 37.6. The van der Waals surface area contributed by atoms with Gasteiger partial charge in [0.15, 0.2) is 5.65 Å². The van der Waals surface area contributed by atoms with E-state index in [0.29, 0.717) is 18.7 Å². The van der Waals surface area contributed by atoms with Gasteiger partial charge in [0.05, 0.1) is 17.9 Å². The second kappa shape index (κ2) is 6.15. The molecule has 0 bridgehead atoms. The van der Waals surface area contributed by atoms with Crippen LogP contribution in [0.4, 0.5) is 0 Å². The summed E-state index contributed by atoms with van der Waals surface area (Å²) in [6, 6.07) is 1.26. The molecule has 1 aliphatic rings. The first-order valence-corrected chi connectivity index (χ1v) is 9.75. The fourth-order valence-corrected chi connectivity index (χ4v) is 4.57. The van der Waals surface area contributed by atoms with Gasteiger partial charge in [0.2, 0.25) is 10.0 Å². The van der Waals surface area contributed by atoms with E-state index in [9.17, 15) is 8.42 Å². The highest BCUT2D eigenvalue weighted by Crippen LogP contribution is 2.30. The Morgan fingerprint density at radius 1 is 1.31 bits per heavy atom. The maximum Gasteiger partial charge on any atom is 0.242 e. The Hall–Kier alpha value is -2.30. The van der Waals surface area contributed by atoms with Gasteiger partial charge in [-0.05, 0) is 19.4 Å². The lowest BCUT2D eigenvalue weighted by molar-refractivity contribution is 0.102. The third-order valence-electron chi connectivity index (χ3n) is 4.60. The Balaban J connectivity index is 1.63. The van der Waals surface area contributed by atoms with Crippen molar-refractivity contribution >= 4 is 21.1 Å². The normalized spacial score (nSPS) is 20.9. The standard InChI is InChI=1S/C16H20N6O3S/c1-10-13-6-12(8-17-16(13)22(3)19-10)26(23,24)20-14-4-5-25-15(14)11-7-18-21(2)9-11/h6-9,14-15,20H,4-5H2,1-3H3/t14-,15+/m0/s1. The Kier molecular flexibility index (Phi) is 4.05. The molecule has 1 aliphatic heterocycles. The van der Waals surface area contributed by atoms with Crippen molar-refractivity contribution in [3.05, 3.63) is 35.9 Å². The lowest BCUT2D eigenvalue weighted by atomic mass is 10.1. The first-order valence-electron chi connectivity index (χ1n) is 8.27. The van der Waals surface area contributed by atoms with Crippen LogP contribution in [0.25, 0.3) is 11.0 Å². The van der Waals surface area contributed by atoms with Crippen molar-refractivity contribution in [1.82, 2.24) is 29.3 Å². The molecule has 9 nitrogen and oxygen atoms in total. The largest absolute Gasteiger partial charge is 0.372 e. The Morgan fingerprint density at radius 2 is 2.12 bits per heavy atom. The summed E-state index contributed by atoms with van der Waals surface area (Å²) >= 11 is 0. The summed E-state index contributed by atoms with van der Waals surface area (Å²) in [5.41, 5.74) is 2.25. The molecule has 2 atom stereocenters. The number of hydrogen-bond acceptors (Lipinski definition) is 6. The van der Waals surface area contributed by atoms with Crippen LogP contribution in [0.5, 0.6) is 0 Å². The molecule has 4 rings (SSSR count). The molecule has 1 saturated heterocycles. The first-order chi connectivity index (χ1) is 12.3. The zero-order valence-electron chi connectivity index (χ0n) is 14.7. The molecule has 0 amide bonds.